The fourth-order valence-corrected chi connectivity index (χ4v) is 3.28. The minimum Gasteiger partial charge on any atom is -0.268 e. The molecule has 22 heavy (non-hydrogen) atoms. The zero-order valence-corrected chi connectivity index (χ0v) is 13.5. The molecule has 2 aromatic heterocycles. The quantitative estimate of drug-likeness (QED) is 0.695. The number of hydrogen-bond acceptors (Lipinski definition) is 5. The van der Waals surface area contributed by atoms with E-state index in [9.17, 15) is 5.26 Å². The summed E-state index contributed by atoms with van der Waals surface area (Å²) in [5.41, 5.74) is 4.39. The van der Waals surface area contributed by atoms with E-state index < -0.39 is 0 Å². The monoisotopic (exact) mass is 309 g/mol. The van der Waals surface area contributed by atoms with Crippen LogP contribution in [-0.4, -0.2) is 20.0 Å². The molecule has 0 aliphatic carbocycles. The number of nitrogens with zero attached hydrogens (tertiary/aromatic N) is 5. The number of hydrogen-bond donors (Lipinski definition) is 0. The molecule has 0 saturated heterocycles. The number of aryl methyl sites for hydroxylation is 2. The van der Waals surface area contributed by atoms with E-state index in [1.807, 2.05) is 43.8 Å². The Morgan fingerprint density at radius 1 is 1.23 bits per heavy atom. The van der Waals surface area contributed by atoms with E-state index in [-0.39, 0.29) is 0 Å². The second-order valence-electron chi connectivity index (χ2n) is 5.08. The van der Waals surface area contributed by atoms with Crippen molar-refractivity contribution in [3.8, 4) is 6.07 Å². The van der Waals surface area contributed by atoms with E-state index >= 15 is 0 Å². The van der Waals surface area contributed by atoms with Gasteiger partial charge in [0.1, 0.15) is 11.1 Å². The fourth-order valence-electron chi connectivity index (χ4n) is 2.35. The van der Waals surface area contributed by atoms with E-state index in [1.54, 1.807) is 0 Å². The van der Waals surface area contributed by atoms with Crippen LogP contribution in [0.1, 0.15) is 22.5 Å². The van der Waals surface area contributed by atoms with Crippen LogP contribution in [0.5, 0.6) is 0 Å². The molecule has 0 aliphatic rings. The summed E-state index contributed by atoms with van der Waals surface area (Å²) in [4.78, 5) is 0. The lowest BCUT2D eigenvalue weighted by molar-refractivity contribution is 0.780. The Morgan fingerprint density at radius 2 is 2.00 bits per heavy atom. The van der Waals surface area contributed by atoms with Gasteiger partial charge in [-0.15, -0.1) is 5.10 Å². The first-order valence-corrected chi connectivity index (χ1v) is 7.87. The van der Waals surface area contributed by atoms with Gasteiger partial charge in [-0.25, -0.2) is 0 Å². The molecule has 0 amide bonds. The molecule has 1 aromatic carbocycles. The van der Waals surface area contributed by atoms with Gasteiger partial charge in [-0.05, 0) is 25.5 Å². The Bertz CT molecular complexity index is 891. The minimum atomic E-state index is 0.609. The molecular formula is C16H15N5S. The largest absolute Gasteiger partial charge is 0.268 e. The SMILES string of the molecule is Cc1nnc(SCc2nn(C)c3ccccc23)c(C#N)c1C. The zero-order valence-electron chi connectivity index (χ0n) is 12.7. The summed E-state index contributed by atoms with van der Waals surface area (Å²) in [5, 5.41) is 24.0. The van der Waals surface area contributed by atoms with Gasteiger partial charge >= 0.3 is 0 Å². The second-order valence-corrected chi connectivity index (χ2v) is 6.04. The highest BCUT2D eigenvalue weighted by atomic mass is 32.2. The molecule has 0 fully saturated rings. The Hall–Kier alpha value is -2.39. The van der Waals surface area contributed by atoms with Crippen LogP contribution >= 0.6 is 11.8 Å². The Kier molecular flexibility index (Phi) is 3.82. The summed E-state index contributed by atoms with van der Waals surface area (Å²) in [7, 11) is 1.94. The van der Waals surface area contributed by atoms with Crippen molar-refractivity contribution in [2.45, 2.75) is 24.6 Å². The maximum Gasteiger partial charge on any atom is 0.137 e. The molecule has 110 valence electrons. The van der Waals surface area contributed by atoms with Crippen molar-refractivity contribution in [3.05, 3.63) is 46.8 Å². The highest BCUT2D eigenvalue weighted by Gasteiger charge is 2.14. The summed E-state index contributed by atoms with van der Waals surface area (Å²) in [5.74, 6) is 0.660. The third kappa shape index (κ3) is 2.44. The number of aromatic nitrogens is 4. The molecule has 0 atom stereocenters. The summed E-state index contributed by atoms with van der Waals surface area (Å²) in [6.07, 6.45) is 0. The van der Waals surface area contributed by atoms with E-state index in [4.69, 9.17) is 0 Å². The number of thioether (sulfide) groups is 1. The lowest BCUT2D eigenvalue weighted by Crippen LogP contribution is -1.99. The Morgan fingerprint density at radius 3 is 2.77 bits per heavy atom. The lowest BCUT2D eigenvalue weighted by Gasteiger charge is -2.05. The van der Waals surface area contributed by atoms with Crippen LogP contribution in [0.3, 0.4) is 0 Å². The Labute approximate surface area is 133 Å². The summed E-state index contributed by atoms with van der Waals surface area (Å²) in [6, 6.07) is 10.4. The van der Waals surface area contributed by atoms with Crippen LogP contribution in [0.2, 0.25) is 0 Å². The van der Waals surface area contributed by atoms with Crippen LogP contribution in [0.15, 0.2) is 29.3 Å². The van der Waals surface area contributed by atoms with Crippen LogP contribution in [0, 0.1) is 25.2 Å². The summed E-state index contributed by atoms with van der Waals surface area (Å²) >= 11 is 1.50. The van der Waals surface area contributed by atoms with Gasteiger partial charge in [0.25, 0.3) is 0 Å². The highest BCUT2D eigenvalue weighted by Crippen LogP contribution is 2.28. The molecule has 3 aromatic rings. The molecule has 0 saturated carbocycles. The first kappa shape index (κ1) is 14.5. The topological polar surface area (TPSA) is 67.4 Å². The maximum atomic E-state index is 9.35. The molecule has 0 bridgehead atoms. The van der Waals surface area contributed by atoms with Crippen LogP contribution in [0.25, 0.3) is 10.9 Å². The van der Waals surface area contributed by atoms with Gasteiger partial charge in [0, 0.05) is 18.2 Å². The molecule has 0 aliphatic heterocycles. The van der Waals surface area contributed by atoms with Gasteiger partial charge < -0.3 is 0 Å². The van der Waals surface area contributed by atoms with Crippen molar-refractivity contribution in [1.29, 1.82) is 5.26 Å². The molecule has 0 N–H and O–H groups in total. The van der Waals surface area contributed by atoms with Gasteiger partial charge in [-0.1, -0.05) is 30.0 Å². The van der Waals surface area contributed by atoms with Gasteiger partial charge in [0.15, 0.2) is 0 Å². The molecule has 3 rings (SSSR count). The molecule has 5 nitrogen and oxygen atoms in total. The van der Waals surface area contributed by atoms with Crippen molar-refractivity contribution >= 4 is 22.7 Å². The van der Waals surface area contributed by atoms with Gasteiger partial charge in [-0.3, -0.25) is 4.68 Å². The highest BCUT2D eigenvalue weighted by molar-refractivity contribution is 7.98. The van der Waals surface area contributed by atoms with Crippen LogP contribution < -0.4 is 0 Å². The van der Waals surface area contributed by atoms with Gasteiger partial charge in [0.05, 0.1) is 22.5 Å². The van der Waals surface area contributed by atoms with Crippen molar-refractivity contribution in [3.63, 3.8) is 0 Å². The first-order valence-electron chi connectivity index (χ1n) is 6.89. The molecule has 6 heteroatoms. The lowest BCUT2D eigenvalue weighted by atomic mass is 10.1. The minimum absolute atomic E-state index is 0.609. The van der Waals surface area contributed by atoms with E-state index in [0.717, 1.165) is 27.9 Å². The number of nitriles is 1. The van der Waals surface area contributed by atoms with Gasteiger partial charge in [0.2, 0.25) is 0 Å². The molecule has 0 unspecified atom stereocenters. The number of para-hydroxylation sites is 1. The van der Waals surface area contributed by atoms with Crippen LogP contribution in [0.4, 0.5) is 0 Å². The van der Waals surface area contributed by atoms with Gasteiger partial charge in [-0.2, -0.15) is 15.5 Å². The molecular weight excluding hydrogens is 294 g/mol. The van der Waals surface area contributed by atoms with Crippen molar-refractivity contribution in [1.82, 2.24) is 20.0 Å². The van der Waals surface area contributed by atoms with Crippen molar-refractivity contribution in [2.24, 2.45) is 7.05 Å². The van der Waals surface area contributed by atoms with Crippen molar-refractivity contribution < 1.29 is 0 Å². The molecule has 0 radical (unpaired) electrons. The number of rotatable bonds is 3. The second kappa shape index (κ2) is 5.78. The average Bonchev–Trinajstić information content (AvgIpc) is 2.85. The van der Waals surface area contributed by atoms with E-state index in [2.05, 4.69) is 27.4 Å². The molecule has 2 heterocycles. The van der Waals surface area contributed by atoms with E-state index in [0.29, 0.717) is 16.3 Å². The zero-order chi connectivity index (χ0) is 15.7. The standard InChI is InChI=1S/C16H15N5S/c1-10-11(2)18-19-16(13(10)8-17)22-9-14-12-6-4-5-7-15(12)21(3)20-14/h4-7H,9H2,1-3H3. The van der Waals surface area contributed by atoms with E-state index in [1.165, 1.54) is 11.8 Å². The molecule has 0 spiro atoms. The first-order chi connectivity index (χ1) is 10.6. The van der Waals surface area contributed by atoms with Crippen molar-refractivity contribution in [2.75, 3.05) is 0 Å². The fraction of sp³-hybridized carbons (Fsp3) is 0.250. The predicted molar refractivity (Wildman–Crippen MR) is 86.5 cm³/mol. The number of fused-ring (bicyclic) bond motifs is 1. The summed E-state index contributed by atoms with van der Waals surface area (Å²) < 4.78 is 1.88. The maximum absolute atomic E-state index is 9.35. The third-order valence-corrected chi connectivity index (χ3v) is 4.69. The predicted octanol–water partition coefficient (Wildman–Crippen LogP) is 3.14. The Balaban J connectivity index is 1.92. The third-order valence-electron chi connectivity index (χ3n) is 3.71. The van der Waals surface area contributed by atoms with Crippen LogP contribution in [-0.2, 0) is 12.8 Å². The average molecular weight is 309 g/mol. The summed E-state index contributed by atoms with van der Waals surface area (Å²) in [6.45, 7) is 3.77. The smallest absolute Gasteiger partial charge is 0.137 e. The number of benzene rings is 1. The normalized spacial score (nSPS) is 10.8.